The van der Waals surface area contributed by atoms with Gasteiger partial charge < -0.3 is 14.8 Å². The molecule has 2 atom stereocenters. The first kappa shape index (κ1) is 20.9. The molecule has 1 saturated heterocycles. The fraction of sp³-hybridized carbons (Fsp3) is 0.318. The molecule has 1 aromatic carbocycles. The molecule has 0 radical (unpaired) electrons. The van der Waals surface area contributed by atoms with Crippen molar-refractivity contribution < 1.29 is 9.47 Å². The average molecular weight is 449 g/mol. The van der Waals surface area contributed by atoms with Crippen LogP contribution >= 0.6 is 0 Å². The van der Waals surface area contributed by atoms with E-state index in [0.29, 0.717) is 41.6 Å². The van der Waals surface area contributed by atoms with Gasteiger partial charge in [0.1, 0.15) is 17.2 Å². The second-order valence-electron chi connectivity index (χ2n) is 7.93. The van der Waals surface area contributed by atoms with Crippen LogP contribution < -0.4 is 21.2 Å². The molecular weight excluding hydrogens is 426 g/mol. The molecule has 170 valence electrons. The van der Waals surface area contributed by atoms with Gasteiger partial charge in [-0.1, -0.05) is 12.1 Å². The second kappa shape index (κ2) is 8.17. The van der Waals surface area contributed by atoms with Crippen LogP contribution in [0.5, 0.6) is 5.75 Å². The largest absolute Gasteiger partial charge is 0.497 e. The standard InChI is InChI=1S/C22H23N7O4/c1-27-10-15-20(26-27)24-22(28(2)21(15)31)23-17-11-33-12-18(17)29-19(30)8-7-16(25-29)13-5-4-6-14(9-13)32-3/h4-10,17-18H,11-12H2,1-3H3,(H,23,24,26). The van der Waals surface area contributed by atoms with Gasteiger partial charge in [-0.3, -0.25) is 18.8 Å². The predicted octanol–water partition coefficient (Wildman–Crippen LogP) is 0.951. The van der Waals surface area contributed by atoms with Crippen LogP contribution in [0.2, 0.25) is 0 Å². The first-order valence-electron chi connectivity index (χ1n) is 10.4. The predicted molar refractivity (Wildman–Crippen MR) is 122 cm³/mol. The molecule has 0 saturated carbocycles. The van der Waals surface area contributed by atoms with E-state index in [4.69, 9.17) is 9.47 Å². The molecule has 1 fully saturated rings. The van der Waals surface area contributed by atoms with Crippen LogP contribution in [-0.2, 0) is 18.8 Å². The topological polar surface area (TPSA) is 118 Å². The zero-order valence-electron chi connectivity index (χ0n) is 18.4. The highest BCUT2D eigenvalue weighted by atomic mass is 16.5. The van der Waals surface area contributed by atoms with Gasteiger partial charge in [0.15, 0.2) is 5.65 Å². The highest BCUT2D eigenvalue weighted by Gasteiger charge is 2.32. The quantitative estimate of drug-likeness (QED) is 0.479. The summed E-state index contributed by atoms with van der Waals surface area (Å²) in [4.78, 5) is 29.9. The van der Waals surface area contributed by atoms with E-state index in [-0.39, 0.29) is 23.2 Å². The molecule has 11 nitrogen and oxygen atoms in total. The lowest BCUT2D eigenvalue weighted by molar-refractivity contribution is 0.183. The molecule has 2 unspecified atom stereocenters. The zero-order chi connectivity index (χ0) is 23.1. The Hall–Kier alpha value is -3.99. The highest BCUT2D eigenvalue weighted by Crippen LogP contribution is 2.24. The Morgan fingerprint density at radius 2 is 1.97 bits per heavy atom. The minimum Gasteiger partial charge on any atom is -0.497 e. The molecule has 33 heavy (non-hydrogen) atoms. The summed E-state index contributed by atoms with van der Waals surface area (Å²) in [6.07, 6.45) is 1.64. The number of hydrogen-bond acceptors (Lipinski definition) is 8. The van der Waals surface area contributed by atoms with Crippen molar-refractivity contribution in [3.63, 3.8) is 0 Å². The molecule has 11 heteroatoms. The van der Waals surface area contributed by atoms with Gasteiger partial charge in [-0.05, 0) is 18.2 Å². The van der Waals surface area contributed by atoms with Gasteiger partial charge in [0.2, 0.25) is 5.95 Å². The van der Waals surface area contributed by atoms with Crippen molar-refractivity contribution in [3.05, 3.63) is 63.3 Å². The van der Waals surface area contributed by atoms with Gasteiger partial charge in [-0.15, -0.1) is 0 Å². The SMILES string of the molecule is COc1cccc(-c2ccc(=O)n(C3COCC3Nc3nc4nn(C)cc4c(=O)n3C)n2)c1. The lowest BCUT2D eigenvalue weighted by Gasteiger charge is -2.22. The third kappa shape index (κ3) is 3.76. The van der Waals surface area contributed by atoms with Crippen molar-refractivity contribution in [2.45, 2.75) is 12.1 Å². The molecule has 1 aliphatic rings. The van der Waals surface area contributed by atoms with E-state index in [9.17, 15) is 9.59 Å². The molecule has 3 aromatic heterocycles. The number of benzene rings is 1. The van der Waals surface area contributed by atoms with Gasteiger partial charge in [-0.25, -0.2) is 4.68 Å². The van der Waals surface area contributed by atoms with E-state index in [1.54, 1.807) is 38.2 Å². The van der Waals surface area contributed by atoms with E-state index in [1.807, 2.05) is 24.3 Å². The number of hydrogen-bond donors (Lipinski definition) is 1. The van der Waals surface area contributed by atoms with Crippen molar-refractivity contribution in [1.82, 2.24) is 29.1 Å². The molecule has 0 bridgehead atoms. The number of anilines is 1. The molecule has 0 amide bonds. The summed E-state index contributed by atoms with van der Waals surface area (Å²) in [7, 11) is 4.98. The molecule has 4 heterocycles. The normalized spacial score (nSPS) is 18.0. The van der Waals surface area contributed by atoms with Gasteiger partial charge in [0.05, 0.1) is 32.1 Å². The molecule has 0 aliphatic carbocycles. The number of ether oxygens (including phenoxy) is 2. The molecule has 1 N–H and O–H groups in total. The van der Waals surface area contributed by atoms with Crippen molar-refractivity contribution in [2.75, 3.05) is 25.6 Å². The van der Waals surface area contributed by atoms with Gasteiger partial charge >= 0.3 is 0 Å². The zero-order valence-corrected chi connectivity index (χ0v) is 18.4. The van der Waals surface area contributed by atoms with Crippen LogP contribution in [0.4, 0.5) is 5.95 Å². The van der Waals surface area contributed by atoms with Crippen LogP contribution in [0.15, 0.2) is 52.2 Å². The maximum Gasteiger partial charge on any atom is 0.267 e. The summed E-state index contributed by atoms with van der Waals surface area (Å²) in [5, 5.41) is 12.6. The number of nitrogens with one attached hydrogen (secondary N) is 1. The maximum absolute atomic E-state index is 12.7. The third-order valence-corrected chi connectivity index (χ3v) is 5.74. The van der Waals surface area contributed by atoms with Gasteiger partial charge in [0, 0.05) is 31.9 Å². The Bertz CT molecular complexity index is 1460. The molecular formula is C22H23N7O4. The van der Waals surface area contributed by atoms with Crippen LogP contribution in [0.25, 0.3) is 22.3 Å². The summed E-state index contributed by atoms with van der Waals surface area (Å²) in [5.74, 6) is 1.05. The number of methoxy groups -OCH3 is 1. The molecule has 4 aromatic rings. The van der Waals surface area contributed by atoms with E-state index in [0.717, 1.165) is 5.56 Å². The Morgan fingerprint density at radius 1 is 1.12 bits per heavy atom. The average Bonchev–Trinajstić information content (AvgIpc) is 3.43. The first-order valence-corrected chi connectivity index (χ1v) is 10.4. The van der Waals surface area contributed by atoms with Crippen LogP contribution in [0, 0.1) is 0 Å². The van der Waals surface area contributed by atoms with Crippen LogP contribution in [-0.4, -0.2) is 55.5 Å². The Morgan fingerprint density at radius 3 is 2.79 bits per heavy atom. The fourth-order valence-corrected chi connectivity index (χ4v) is 3.98. The van der Waals surface area contributed by atoms with Crippen molar-refractivity contribution >= 4 is 17.0 Å². The van der Waals surface area contributed by atoms with Crippen molar-refractivity contribution in [2.24, 2.45) is 14.1 Å². The van der Waals surface area contributed by atoms with E-state index in [2.05, 4.69) is 20.5 Å². The molecule has 1 aliphatic heterocycles. The second-order valence-corrected chi connectivity index (χ2v) is 7.93. The van der Waals surface area contributed by atoms with Crippen LogP contribution in [0.1, 0.15) is 6.04 Å². The molecule has 5 rings (SSSR count). The van der Waals surface area contributed by atoms with E-state index in [1.165, 1.54) is 15.3 Å². The van der Waals surface area contributed by atoms with Crippen molar-refractivity contribution in [1.29, 1.82) is 0 Å². The number of aryl methyl sites for hydroxylation is 1. The minimum atomic E-state index is -0.389. The number of fused-ring (bicyclic) bond motifs is 1. The van der Waals surface area contributed by atoms with Crippen LogP contribution in [0.3, 0.4) is 0 Å². The lowest BCUT2D eigenvalue weighted by Crippen LogP contribution is -2.38. The summed E-state index contributed by atoms with van der Waals surface area (Å²) >= 11 is 0. The minimum absolute atomic E-state index is 0.207. The number of nitrogens with zero attached hydrogens (tertiary/aromatic N) is 6. The summed E-state index contributed by atoms with van der Waals surface area (Å²) < 4.78 is 15.4. The van der Waals surface area contributed by atoms with Crippen molar-refractivity contribution in [3.8, 4) is 17.0 Å². The van der Waals surface area contributed by atoms with E-state index >= 15 is 0 Å². The third-order valence-electron chi connectivity index (χ3n) is 5.74. The van der Waals surface area contributed by atoms with E-state index < -0.39 is 0 Å². The number of aromatic nitrogens is 6. The summed E-state index contributed by atoms with van der Waals surface area (Å²) in [5.41, 5.74) is 1.37. The fourth-order valence-electron chi connectivity index (χ4n) is 3.98. The monoisotopic (exact) mass is 449 g/mol. The highest BCUT2D eigenvalue weighted by molar-refractivity contribution is 5.74. The first-order chi connectivity index (χ1) is 15.9. The lowest BCUT2D eigenvalue weighted by atomic mass is 10.1. The molecule has 0 spiro atoms. The smallest absolute Gasteiger partial charge is 0.267 e. The van der Waals surface area contributed by atoms with Gasteiger partial charge in [-0.2, -0.15) is 15.2 Å². The summed E-state index contributed by atoms with van der Waals surface area (Å²) in [6, 6.07) is 9.95. The Balaban J connectivity index is 1.49. The van der Waals surface area contributed by atoms with Gasteiger partial charge in [0.25, 0.3) is 11.1 Å². The number of rotatable bonds is 5. The summed E-state index contributed by atoms with van der Waals surface area (Å²) in [6.45, 7) is 0.629. The Kier molecular flexibility index (Phi) is 5.17. The maximum atomic E-state index is 12.7. The Labute approximate surface area is 188 Å².